The van der Waals surface area contributed by atoms with E-state index in [1.807, 2.05) is 0 Å². The Morgan fingerprint density at radius 1 is 1.15 bits per heavy atom. The molecule has 3 nitrogen and oxygen atoms in total. The van der Waals surface area contributed by atoms with E-state index in [2.05, 4.69) is 72.2 Å². The molecule has 5 rings (SSSR count). The van der Waals surface area contributed by atoms with Crippen LogP contribution in [-0.2, 0) is 6.42 Å². The SMILES string of the molecule is Cc1ccc2c(c1)[C@H]1[C@H]([C@H]3CCN(C)[C@H]1C3)N2CCc1ccc(C)nc1. The molecule has 0 unspecified atom stereocenters. The summed E-state index contributed by atoms with van der Waals surface area (Å²) in [6, 6.07) is 12.9. The van der Waals surface area contributed by atoms with E-state index in [0.29, 0.717) is 12.0 Å². The van der Waals surface area contributed by atoms with Gasteiger partial charge in [-0.3, -0.25) is 4.98 Å². The number of likely N-dealkylation sites (tertiary alicyclic amines) is 1. The van der Waals surface area contributed by atoms with Crippen molar-refractivity contribution >= 4 is 5.69 Å². The number of pyridine rings is 1. The van der Waals surface area contributed by atoms with Gasteiger partial charge in [0, 0.05) is 42.1 Å². The predicted molar refractivity (Wildman–Crippen MR) is 107 cm³/mol. The van der Waals surface area contributed by atoms with E-state index in [1.165, 1.54) is 36.2 Å². The van der Waals surface area contributed by atoms with Crippen LogP contribution in [0.4, 0.5) is 5.69 Å². The standard InChI is InChI=1S/C23H29N3/c1-15-4-7-20-19(12-15)22-21-13-18(9-10-25(21)3)23(22)26(20)11-8-17-6-5-16(2)24-14-17/h4-7,12,14,18,21-23H,8-11,13H2,1-3H3/t18-,21-,22+,23-/m0/s1. The van der Waals surface area contributed by atoms with Gasteiger partial charge in [-0.2, -0.15) is 0 Å². The first-order valence-corrected chi connectivity index (χ1v) is 10.1. The van der Waals surface area contributed by atoms with Crippen LogP contribution in [0.5, 0.6) is 0 Å². The van der Waals surface area contributed by atoms with E-state index in [0.717, 1.165) is 30.6 Å². The van der Waals surface area contributed by atoms with Gasteiger partial charge in [0.1, 0.15) is 0 Å². The molecule has 26 heavy (non-hydrogen) atoms. The Hall–Kier alpha value is -1.87. The highest BCUT2D eigenvalue weighted by molar-refractivity contribution is 5.64. The van der Waals surface area contributed by atoms with Gasteiger partial charge in [-0.1, -0.05) is 23.8 Å². The number of fused-ring (bicyclic) bond motifs is 7. The van der Waals surface area contributed by atoms with Gasteiger partial charge in [0.15, 0.2) is 0 Å². The maximum Gasteiger partial charge on any atom is 0.0406 e. The molecule has 136 valence electrons. The lowest BCUT2D eigenvalue weighted by Crippen LogP contribution is -2.38. The van der Waals surface area contributed by atoms with Gasteiger partial charge in [0.25, 0.3) is 0 Å². The molecule has 1 aromatic heterocycles. The fourth-order valence-electron chi connectivity index (χ4n) is 5.76. The molecule has 3 heteroatoms. The average Bonchev–Trinajstić information content (AvgIpc) is 3.12. The third-order valence-corrected chi connectivity index (χ3v) is 7.05. The van der Waals surface area contributed by atoms with Gasteiger partial charge >= 0.3 is 0 Å². The molecule has 1 saturated carbocycles. The number of hydrogen-bond acceptors (Lipinski definition) is 3. The normalized spacial score (nSPS) is 29.7. The quantitative estimate of drug-likeness (QED) is 0.838. The van der Waals surface area contributed by atoms with Crippen LogP contribution in [0.15, 0.2) is 36.5 Å². The molecule has 2 fully saturated rings. The predicted octanol–water partition coefficient (Wildman–Crippen LogP) is 3.94. The Labute approximate surface area is 157 Å². The van der Waals surface area contributed by atoms with Gasteiger partial charge in [0.05, 0.1) is 0 Å². The second kappa shape index (κ2) is 6.09. The summed E-state index contributed by atoms with van der Waals surface area (Å²) in [5.74, 6) is 1.54. The zero-order valence-electron chi connectivity index (χ0n) is 16.2. The first-order chi connectivity index (χ1) is 12.6. The molecule has 0 spiro atoms. The summed E-state index contributed by atoms with van der Waals surface area (Å²) in [4.78, 5) is 9.86. The van der Waals surface area contributed by atoms with Crippen molar-refractivity contribution in [3.8, 4) is 0 Å². The van der Waals surface area contributed by atoms with E-state index in [-0.39, 0.29) is 0 Å². The lowest BCUT2D eigenvalue weighted by molar-refractivity contribution is 0.184. The molecule has 4 atom stereocenters. The third kappa shape index (κ3) is 2.48. The molecule has 0 N–H and O–H groups in total. The molecule has 0 amide bonds. The molecule has 1 aliphatic carbocycles. The van der Waals surface area contributed by atoms with Gasteiger partial charge in [-0.15, -0.1) is 0 Å². The van der Waals surface area contributed by atoms with Crippen LogP contribution in [0.3, 0.4) is 0 Å². The van der Waals surface area contributed by atoms with Crippen LogP contribution in [0.2, 0.25) is 0 Å². The minimum Gasteiger partial charge on any atom is -0.367 e. The molecule has 1 saturated heterocycles. The molecule has 1 aromatic carbocycles. The van der Waals surface area contributed by atoms with Crippen molar-refractivity contribution in [2.45, 2.75) is 51.1 Å². The maximum atomic E-state index is 4.48. The molecule has 0 radical (unpaired) electrons. The number of nitrogens with zero attached hydrogens (tertiary/aromatic N) is 3. The number of benzene rings is 1. The zero-order valence-corrected chi connectivity index (χ0v) is 16.2. The molecule has 2 aliphatic heterocycles. The van der Waals surface area contributed by atoms with Crippen LogP contribution in [-0.4, -0.2) is 42.1 Å². The first kappa shape index (κ1) is 16.3. The molecule has 2 aromatic rings. The summed E-state index contributed by atoms with van der Waals surface area (Å²) in [5.41, 5.74) is 6.96. The molecule has 3 aliphatic rings. The van der Waals surface area contributed by atoms with E-state index in [1.54, 1.807) is 5.56 Å². The number of aromatic nitrogens is 1. The fraction of sp³-hybridized carbons (Fsp3) is 0.522. The van der Waals surface area contributed by atoms with Crippen molar-refractivity contribution in [3.63, 3.8) is 0 Å². The highest BCUT2D eigenvalue weighted by atomic mass is 15.3. The molecule has 3 heterocycles. The monoisotopic (exact) mass is 347 g/mol. The topological polar surface area (TPSA) is 19.4 Å². The van der Waals surface area contributed by atoms with Crippen LogP contribution in [0.25, 0.3) is 0 Å². The molecular weight excluding hydrogens is 318 g/mol. The number of likely N-dealkylation sites (N-methyl/N-ethyl adjacent to an activating group) is 1. The summed E-state index contributed by atoms with van der Waals surface area (Å²) in [7, 11) is 2.33. The number of anilines is 1. The van der Waals surface area contributed by atoms with Gasteiger partial charge in [-0.05, 0) is 75.9 Å². The number of piperidine rings is 1. The third-order valence-electron chi connectivity index (χ3n) is 7.05. The van der Waals surface area contributed by atoms with Gasteiger partial charge in [-0.25, -0.2) is 0 Å². The van der Waals surface area contributed by atoms with Gasteiger partial charge < -0.3 is 9.80 Å². The Morgan fingerprint density at radius 3 is 2.85 bits per heavy atom. The van der Waals surface area contributed by atoms with E-state index in [9.17, 15) is 0 Å². The van der Waals surface area contributed by atoms with Crippen molar-refractivity contribution in [2.24, 2.45) is 5.92 Å². The van der Waals surface area contributed by atoms with Crippen molar-refractivity contribution < 1.29 is 0 Å². The van der Waals surface area contributed by atoms with Crippen LogP contribution in [0, 0.1) is 19.8 Å². The Kier molecular flexibility index (Phi) is 3.82. The van der Waals surface area contributed by atoms with Crippen LogP contribution in [0.1, 0.15) is 41.1 Å². The van der Waals surface area contributed by atoms with Crippen molar-refractivity contribution in [3.05, 3.63) is 58.9 Å². The van der Waals surface area contributed by atoms with Gasteiger partial charge in [0.2, 0.25) is 0 Å². The average molecular weight is 348 g/mol. The summed E-state index contributed by atoms with van der Waals surface area (Å²) >= 11 is 0. The second-order valence-electron chi connectivity index (χ2n) is 8.66. The fourth-order valence-corrected chi connectivity index (χ4v) is 5.76. The van der Waals surface area contributed by atoms with Crippen molar-refractivity contribution in [1.29, 1.82) is 0 Å². The summed E-state index contributed by atoms with van der Waals surface area (Å²) in [6.45, 7) is 6.66. The second-order valence-corrected chi connectivity index (χ2v) is 8.66. The largest absolute Gasteiger partial charge is 0.367 e. The summed E-state index contributed by atoms with van der Waals surface area (Å²) in [5, 5.41) is 0. The highest BCUT2D eigenvalue weighted by Crippen LogP contribution is 2.55. The number of aryl methyl sites for hydroxylation is 2. The Bertz CT molecular complexity index is 813. The molecular formula is C23H29N3. The highest BCUT2D eigenvalue weighted by Gasteiger charge is 2.54. The maximum absolute atomic E-state index is 4.48. The number of rotatable bonds is 3. The van der Waals surface area contributed by atoms with Crippen LogP contribution >= 0.6 is 0 Å². The van der Waals surface area contributed by atoms with E-state index < -0.39 is 0 Å². The van der Waals surface area contributed by atoms with E-state index in [4.69, 9.17) is 0 Å². The zero-order chi connectivity index (χ0) is 17.8. The Morgan fingerprint density at radius 2 is 2.04 bits per heavy atom. The first-order valence-electron chi connectivity index (χ1n) is 10.1. The smallest absolute Gasteiger partial charge is 0.0406 e. The Balaban J connectivity index is 1.48. The lowest BCUT2D eigenvalue weighted by Gasteiger charge is -2.34. The molecule has 2 bridgehead atoms. The lowest BCUT2D eigenvalue weighted by atomic mass is 9.92. The summed E-state index contributed by atoms with van der Waals surface area (Å²) in [6.07, 6.45) is 5.86. The minimum absolute atomic E-state index is 0.693. The van der Waals surface area contributed by atoms with Crippen LogP contribution < -0.4 is 4.90 Å². The minimum atomic E-state index is 0.693. The summed E-state index contributed by atoms with van der Waals surface area (Å²) < 4.78 is 0. The number of hydrogen-bond donors (Lipinski definition) is 0. The van der Waals surface area contributed by atoms with E-state index >= 15 is 0 Å². The van der Waals surface area contributed by atoms with Crippen molar-refractivity contribution in [2.75, 3.05) is 25.0 Å². The van der Waals surface area contributed by atoms with Crippen molar-refractivity contribution in [1.82, 2.24) is 9.88 Å².